The molecule has 6 nitrogen and oxygen atoms in total. The number of halogens is 1. The molecule has 1 aliphatic carbocycles. The zero-order valence-corrected chi connectivity index (χ0v) is 12.0. The lowest BCUT2D eigenvalue weighted by Gasteiger charge is -2.25. The van der Waals surface area contributed by atoms with Crippen LogP contribution in [0.5, 0.6) is 0 Å². The molecule has 0 aliphatic heterocycles. The number of carbonyl (C=O) groups excluding carboxylic acids is 1. The molecule has 1 aliphatic rings. The van der Waals surface area contributed by atoms with Crippen LogP contribution in [-0.4, -0.2) is 39.7 Å². The Kier molecular flexibility index (Phi) is 8.51. The molecule has 0 radical (unpaired) electrons. The number of rotatable bonds is 8. The van der Waals surface area contributed by atoms with Crippen molar-refractivity contribution in [1.82, 2.24) is 10.0 Å². The van der Waals surface area contributed by atoms with E-state index in [1.54, 1.807) is 0 Å². The zero-order chi connectivity index (χ0) is 12.7. The molecule has 0 unspecified atom stereocenters. The summed E-state index contributed by atoms with van der Waals surface area (Å²) >= 11 is 0. The molecule has 0 aromatic rings. The quantitative estimate of drug-likeness (QED) is 0.567. The lowest BCUT2D eigenvalue weighted by Crippen LogP contribution is -2.37. The Morgan fingerprint density at radius 2 is 2.00 bits per heavy atom. The van der Waals surface area contributed by atoms with Gasteiger partial charge in [-0.05, 0) is 18.8 Å². The summed E-state index contributed by atoms with van der Waals surface area (Å²) in [4.78, 5) is 11.0. The monoisotopic (exact) mass is 299 g/mol. The van der Waals surface area contributed by atoms with Gasteiger partial charge in [-0.15, -0.1) is 12.4 Å². The summed E-state index contributed by atoms with van der Waals surface area (Å²) in [6.45, 7) is 0.941. The highest BCUT2D eigenvalue weighted by molar-refractivity contribution is 7.89. The van der Waals surface area contributed by atoms with Crippen molar-refractivity contribution in [1.29, 1.82) is 0 Å². The van der Waals surface area contributed by atoms with Gasteiger partial charge in [0.15, 0.2) is 0 Å². The number of nitrogens with two attached hydrogens (primary N) is 1. The Morgan fingerprint density at radius 3 is 2.50 bits per heavy atom. The van der Waals surface area contributed by atoms with E-state index in [9.17, 15) is 13.2 Å². The molecule has 108 valence electrons. The largest absolute Gasteiger partial charge is 0.355 e. The van der Waals surface area contributed by atoms with Crippen LogP contribution in [0.2, 0.25) is 0 Å². The molecule has 1 amide bonds. The minimum absolute atomic E-state index is 0. The number of carbonyl (C=O) groups is 1. The average molecular weight is 300 g/mol. The second-order valence-electron chi connectivity index (χ2n) is 4.35. The Labute approximate surface area is 115 Å². The van der Waals surface area contributed by atoms with Crippen LogP contribution in [0, 0.1) is 5.92 Å². The van der Waals surface area contributed by atoms with Crippen molar-refractivity contribution >= 4 is 28.3 Å². The van der Waals surface area contributed by atoms with E-state index in [0.717, 1.165) is 12.8 Å². The standard InChI is InChI=1S/C10H21N3O3S.ClH/c11-5-4-10(14)12-6-7-17(15,16)13-8-9-2-1-3-9;/h9,13H,1-8,11H2,(H,12,14);1H. The van der Waals surface area contributed by atoms with Crippen LogP contribution < -0.4 is 15.8 Å². The fraction of sp³-hybridized carbons (Fsp3) is 0.900. The van der Waals surface area contributed by atoms with Crippen LogP contribution in [0.15, 0.2) is 0 Å². The average Bonchev–Trinajstić information content (AvgIpc) is 2.15. The maximum atomic E-state index is 11.5. The molecule has 0 saturated heterocycles. The molecule has 0 aromatic carbocycles. The third-order valence-electron chi connectivity index (χ3n) is 2.88. The van der Waals surface area contributed by atoms with Crippen molar-refractivity contribution in [2.24, 2.45) is 11.7 Å². The smallest absolute Gasteiger partial charge is 0.221 e. The molecule has 0 spiro atoms. The van der Waals surface area contributed by atoms with Gasteiger partial charge < -0.3 is 11.1 Å². The van der Waals surface area contributed by atoms with Crippen molar-refractivity contribution in [3.8, 4) is 0 Å². The molecule has 0 aromatic heterocycles. The van der Waals surface area contributed by atoms with E-state index in [1.165, 1.54) is 6.42 Å². The van der Waals surface area contributed by atoms with Crippen LogP contribution in [-0.2, 0) is 14.8 Å². The van der Waals surface area contributed by atoms with E-state index in [-0.39, 0.29) is 43.6 Å². The van der Waals surface area contributed by atoms with Crippen LogP contribution in [0.4, 0.5) is 0 Å². The summed E-state index contributed by atoms with van der Waals surface area (Å²) in [6.07, 6.45) is 3.64. The highest BCUT2D eigenvalue weighted by atomic mass is 35.5. The second-order valence-corrected chi connectivity index (χ2v) is 6.28. The summed E-state index contributed by atoms with van der Waals surface area (Å²) in [7, 11) is -3.26. The van der Waals surface area contributed by atoms with Crippen molar-refractivity contribution < 1.29 is 13.2 Å². The molecule has 0 heterocycles. The summed E-state index contributed by atoms with van der Waals surface area (Å²) in [5.41, 5.74) is 5.20. The fourth-order valence-corrected chi connectivity index (χ4v) is 2.56. The van der Waals surface area contributed by atoms with Crippen molar-refractivity contribution in [3.63, 3.8) is 0 Å². The minimum Gasteiger partial charge on any atom is -0.355 e. The first-order valence-corrected chi connectivity index (χ1v) is 7.63. The highest BCUT2D eigenvalue weighted by Crippen LogP contribution is 2.25. The summed E-state index contributed by atoms with van der Waals surface area (Å²) in [5, 5.41) is 2.52. The third-order valence-corrected chi connectivity index (χ3v) is 4.23. The molecule has 8 heteroatoms. The molecule has 1 rings (SSSR count). The van der Waals surface area contributed by atoms with E-state index >= 15 is 0 Å². The van der Waals surface area contributed by atoms with Gasteiger partial charge in [-0.2, -0.15) is 0 Å². The van der Waals surface area contributed by atoms with Gasteiger partial charge in [-0.25, -0.2) is 13.1 Å². The third kappa shape index (κ3) is 7.15. The summed E-state index contributed by atoms with van der Waals surface area (Å²) in [5.74, 6) is 0.217. The van der Waals surface area contributed by atoms with Crippen molar-refractivity contribution in [2.45, 2.75) is 25.7 Å². The van der Waals surface area contributed by atoms with E-state index in [2.05, 4.69) is 10.0 Å². The van der Waals surface area contributed by atoms with E-state index < -0.39 is 10.0 Å². The first kappa shape index (κ1) is 17.6. The summed E-state index contributed by atoms with van der Waals surface area (Å²) < 4.78 is 25.6. The molecule has 4 N–H and O–H groups in total. The lowest BCUT2D eigenvalue weighted by molar-refractivity contribution is -0.120. The molecule has 18 heavy (non-hydrogen) atoms. The zero-order valence-electron chi connectivity index (χ0n) is 10.4. The van der Waals surface area contributed by atoms with Crippen LogP contribution >= 0.6 is 12.4 Å². The normalized spacial score (nSPS) is 15.6. The van der Waals surface area contributed by atoms with Gasteiger partial charge in [-0.3, -0.25) is 4.79 Å². The Bertz CT molecular complexity index is 344. The van der Waals surface area contributed by atoms with Gasteiger partial charge in [0.1, 0.15) is 0 Å². The van der Waals surface area contributed by atoms with E-state index in [1.807, 2.05) is 0 Å². The lowest BCUT2D eigenvalue weighted by atomic mass is 9.86. The van der Waals surface area contributed by atoms with Gasteiger partial charge in [-0.1, -0.05) is 6.42 Å². The number of nitrogens with one attached hydrogen (secondary N) is 2. The molecular formula is C10H22ClN3O3S. The first-order chi connectivity index (χ1) is 8.03. The van der Waals surface area contributed by atoms with Gasteiger partial charge >= 0.3 is 0 Å². The Hall–Kier alpha value is -0.370. The maximum absolute atomic E-state index is 11.5. The van der Waals surface area contributed by atoms with Crippen LogP contribution in [0.25, 0.3) is 0 Å². The molecular weight excluding hydrogens is 278 g/mol. The minimum atomic E-state index is -3.26. The number of hydrogen-bond donors (Lipinski definition) is 3. The van der Waals surface area contributed by atoms with E-state index in [0.29, 0.717) is 12.5 Å². The Balaban J connectivity index is 0.00000289. The van der Waals surface area contributed by atoms with Crippen molar-refractivity contribution in [3.05, 3.63) is 0 Å². The second kappa shape index (κ2) is 8.68. The SMILES string of the molecule is Cl.NCCC(=O)NCCS(=O)(=O)NCC1CCC1. The molecule has 0 bridgehead atoms. The summed E-state index contributed by atoms with van der Waals surface area (Å²) in [6, 6.07) is 0. The fourth-order valence-electron chi connectivity index (χ4n) is 1.56. The van der Waals surface area contributed by atoms with Gasteiger partial charge in [0, 0.05) is 26.1 Å². The predicted molar refractivity (Wildman–Crippen MR) is 73.1 cm³/mol. The topological polar surface area (TPSA) is 101 Å². The first-order valence-electron chi connectivity index (χ1n) is 5.97. The van der Waals surface area contributed by atoms with Crippen LogP contribution in [0.3, 0.4) is 0 Å². The van der Waals surface area contributed by atoms with Crippen LogP contribution in [0.1, 0.15) is 25.7 Å². The maximum Gasteiger partial charge on any atom is 0.221 e. The number of sulfonamides is 1. The van der Waals surface area contributed by atoms with E-state index in [4.69, 9.17) is 5.73 Å². The van der Waals surface area contributed by atoms with Gasteiger partial charge in [0.2, 0.25) is 15.9 Å². The number of hydrogen-bond acceptors (Lipinski definition) is 4. The highest BCUT2D eigenvalue weighted by Gasteiger charge is 2.19. The predicted octanol–water partition coefficient (Wildman–Crippen LogP) is -0.407. The Morgan fingerprint density at radius 1 is 1.33 bits per heavy atom. The van der Waals surface area contributed by atoms with Gasteiger partial charge in [0.05, 0.1) is 5.75 Å². The molecule has 1 fully saturated rings. The number of amides is 1. The molecule has 1 saturated carbocycles. The van der Waals surface area contributed by atoms with Gasteiger partial charge in [0.25, 0.3) is 0 Å². The van der Waals surface area contributed by atoms with Crippen molar-refractivity contribution in [2.75, 3.05) is 25.4 Å². The molecule has 0 atom stereocenters.